The Morgan fingerprint density at radius 1 is 1.10 bits per heavy atom. The fraction of sp³-hybridized carbons (Fsp3) is 0.333. The number of carbonyl (C=O) groups is 1. The van der Waals surface area contributed by atoms with Gasteiger partial charge in [0, 0.05) is 46.8 Å². The Balaban J connectivity index is 1.39. The summed E-state index contributed by atoms with van der Waals surface area (Å²) < 4.78 is 12.8. The predicted molar refractivity (Wildman–Crippen MR) is 161 cm³/mol. The second kappa shape index (κ2) is 11.3. The van der Waals surface area contributed by atoms with Gasteiger partial charge in [0.2, 0.25) is 11.8 Å². The molecular formula is C30H33BrN6O3. The molecule has 2 aromatic carbocycles. The Labute approximate surface area is 242 Å². The predicted octanol–water partition coefficient (Wildman–Crippen LogP) is 6.95. The number of nitrogens with zero attached hydrogens (tertiary/aromatic N) is 4. The number of pyridine rings is 1. The smallest absolute Gasteiger partial charge is 0.410 e. The second-order valence-electron chi connectivity index (χ2n) is 10.9. The summed E-state index contributed by atoms with van der Waals surface area (Å²) in [5.41, 5.74) is 8.80. The van der Waals surface area contributed by atoms with Gasteiger partial charge >= 0.3 is 6.09 Å². The first-order valence-corrected chi connectivity index (χ1v) is 14.1. The van der Waals surface area contributed by atoms with Crippen LogP contribution in [0.2, 0.25) is 0 Å². The second-order valence-corrected chi connectivity index (χ2v) is 11.8. The zero-order chi connectivity index (χ0) is 28.4. The molecule has 0 aliphatic carbocycles. The van der Waals surface area contributed by atoms with Crippen LogP contribution in [0.5, 0.6) is 11.6 Å². The minimum Gasteiger partial charge on any atom is -0.444 e. The molecule has 40 heavy (non-hydrogen) atoms. The van der Waals surface area contributed by atoms with Gasteiger partial charge in [0.25, 0.3) is 0 Å². The number of amides is 1. The molecule has 5 rings (SSSR count). The first kappa shape index (κ1) is 27.6. The van der Waals surface area contributed by atoms with E-state index in [1.807, 2.05) is 70.2 Å². The number of aromatic nitrogens is 3. The summed E-state index contributed by atoms with van der Waals surface area (Å²) in [5.74, 6) is 1.59. The fourth-order valence-electron chi connectivity index (χ4n) is 4.73. The van der Waals surface area contributed by atoms with Crippen molar-refractivity contribution in [2.75, 3.05) is 24.1 Å². The van der Waals surface area contributed by atoms with Crippen molar-refractivity contribution in [1.29, 1.82) is 0 Å². The third-order valence-electron chi connectivity index (χ3n) is 6.64. The molecule has 0 radical (unpaired) electrons. The number of nitrogen functional groups attached to an aromatic ring is 1. The van der Waals surface area contributed by atoms with Crippen LogP contribution in [0.25, 0.3) is 22.0 Å². The Bertz CT molecular complexity index is 1550. The van der Waals surface area contributed by atoms with E-state index in [1.165, 1.54) is 0 Å². The number of rotatable bonds is 5. The van der Waals surface area contributed by atoms with Gasteiger partial charge in [0.1, 0.15) is 11.4 Å². The molecule has 3 N–H and O–H groups in total. The van der Waals surface area contributed by atoms with Gasteiger partial charge in [-0.05, 0) is 92.4 Å². The van der Waals surface area contributed by atoms with Crippen molar-refractivity contribution in [3.05, 3.63) is 64.9 Å². The van der Waals surface area contributed by atoms with Gasteiger partial charge in [0.05, 0.1) is 16.9 Å². The van der Waals surface area contributed by atoms with E-state index >= 15 is 0 Å². The minimum atomic E-state index is -0.535. The molecule has 1 aliphatic heterocycles. The van der Waals surface area contributed by atoms with Crippen LogP contribution >= 0.6 is 15.9 Å². The van der Waals surface area contributed by atoms with Crippen LogP contribution in [0.3, 0.4) is 0 Å². The number of likely N-dealkylation sites (tertiary alicyclic amines) is 1. The van der Waals surface area contributed by atoms with Crippen molar-refractivity contribution in [2.45, 2.75) is 52.2 Å². The van der Waals surface area contributed by atoms with Crippen LogP contribution in [0.4, 0.5) is 16.4 Å². The number of benzene rings is 2. The van der Waals surface area contributed by atoms with Crippen LogP contribution < -0.4 is 15.8 Å². The number of hydrogen-bond donors (Lipinski definition) is 2. The number of anilines is 2. The average Bonchev–Trinajstić information content (AvgIpc) is 2.92. The van der Waals surface area contributed by atoms with Gasteiger partial charge in [-0.1, -0.05) is 12.1 Å². The van der Waals surface area contributed by atoms with Gasteiger partial charge in [-0.15, -0.1) is 0 Å². The summed E-state index contributed by atoms with van der Waals surface area (Å²) in [6.45, 7) is 8.79. The topological polar surface area (TPSA) is 115 Å². The molecule has 10 heteroatoms. The van der Waals surface area contributed by atoms with Crippen LogP contribution in [-0.2, 0) is 4.74 Å². The number of nitrogens with two attached hydrogens (primary N) is 1. The summed E-state index contributed by atoms with van der Waals surface area (Å²) in [6.07, 6.45) is 4.86. The lowest BCUT2D eigenvalue weighted by Crippen LogP contribution is -2.47. The van der Waals surface area contributed by atoms with Crippen molar-refractivity contribution in [1.82, 2.24) is 19.9 Å². The molecule has 1 amide bonds. The number of nitrogens with one attached hydrogen (secondary N) is 1. The molecule has 4 aromatic rings. The lowest BCUT2D eigenvalue weighted by Gasteiger charge is -2.34. The van der Waals surface area contributed by atoms with Gasteiger partial charge in [-0.3, -0.25) is 0 Å². The van der Waals surface area contributed by atoms with E-state index in [9.17, 15) is 4.79 Å². The Hall–Kier alpha value is -3.92. The van der Waals surface area contributed by atoms with Crippen molar-refractivity contribution in [3.63, 3.8) is 0 Å². The van der Waals surface area contributed by atoms with Gasteiger partial charge < -0.3 is 25.4 Å². The van der Waals surface area contributed by atoms with E-state index in [0.29, 0.717) is 42.0 Å². The monoisotopic (exact) mass is 604 g/mol. The summed E-state index contributed by atoms with van der Waals surface area (Å²) in [6, 6.07) is 13.5. The maximum atomic E-state index is 12.6. The van der Waals surface area contributed by atoms with Gasteiger partial charge in [0.15, 0.2) is 0 Å². The van der Waals surface area contributed by atoms with Crippen molar-refractivity contribution < 1.29 is 14.3 Å². The highest BCUT2D eigenvalue weighted by Crippen LogP contribution is 2.39. The molecule has 0 spiro atoms. The van der Waals surface area contributed by atoms with E-state index in [4.69, 9.17) is 20.2 Å². The number of piperidine rings is 1. The largest absolute Gasteiger partial charge is 0.444 e. The highest BCUT2D eigenvalue weighted by atomic mass is 79.9. The zero-order valence-corrected chi connectivity index (χ0v) is 24.7. The van der Waals surface area contributed by atoms with E-state index in [2.05, 4.69) is 31.2 Å². The van der Waals surface area contributed by atoms with Crippen LogP contribution in [-0.4, -0.2) is 50.7 Å². The number of carbonyl (C=O) groups excluding carboxylic acids is 1. The quantitative estimate of drug-likeness (QED) is 0.235. The maximum absolute atomic E-state index is 12.6. The van der Waals surface area contributed by atoms with E-state index in [1.54, 1.807) is 17.3 Å². The third-order valence-corrected chi connectivity index (χ3v) is 7.34. The molecule has 9 nitrogen and oxygen atoms in total. The number of aryl methyl sites for hydroxylation is 1. The number of fused-ring (bicyclic) bond motifs is 1. The molecule has 1 fully saturated rings. The summed E-state index contributed by atoms with van der Waals surface area (Å²) in [5, 5.41) is 5.20. The van der Waals surface area contributed by atoms with Crippen molar-refractivity contribution in [3.8, 4) is 22.9 Å². The molecule has 3 heterocycles. The van der Waals surface area contributed by atoms with Crippen LogP contribution in [0.1, 0.15) is 39.2 Å². The lowest BCUT2D eigenvalue weighted by atomic mass is 10.0. The van der Waals surface area contributed by atoms with Crippen molar-refractivity contribution >= 4 is 44.4 Å². The molecule has 208 valence electrons. The molecular weight excluding hydrogens is 572 g/mol. The number of hydrogen-bond acceptors (Lipinski definition) is 8. The molecule has 2 aromatic heterocycles. The lowest BCUT2D eigenvalue weighted by molar-refractivity contribution is 0.0206. The highest BCUT2D eigenvalue weighted by molar-refractivity contribution is 9.10. The molecule has 0 saturated carbocycles. The summed E-state index contributed by atoms with van der Waals surface area (Å²) >= 11 is 3.51. The van der Waals surface area contributed by atoms with E-state index in [0.717, 1.165) is 39.2 Å². The summed E-state index contributed by atoms with van der Waals surface area (Å²) in [4.78, 5) is 28.1. The number of halogens is 1. The average molecular weight is 606 g/mol. The van der Waals surface area contributed by atoms with E-state index in [-0.39, 0.29) is 12.1 Å². The fourth-order valence-corrected chi connectivity index (χ4v) is 5.08. The molecule has 1 aliphatic rings. The normalized spacial score (nSPS) is 15.6. The minimum absolute atomic E-state index is 0.00394. The van der Waals surface area contributed by atoms with Crippen LogP contribution in [0.15, 0.2) is 59.3 Å². The Morgan fingerprint density at radius 2 is 1.90 bits per heavy atom. The maximum Gasteiger partial charge on any atom is 0.410 e. The Kier molecular flexibility index (Phi) is 7.80. The molecule has 0 bridgehead atoms. The third kappa shape index (κ3) is 6.12. The van der Waals surface area contributed by atoms with Crippen molar-refractivity contribution in [2.24, 2.45) is 0 Å². The van der Waals surface area contributed by atoms with Crippen LogP contribution in [0, 0.1) is 6.92 Å². The highest BCUT2D eigenvalue weighted by Gasteiger charge is 2.28. The summed E-state index contributed by atoms with van der Waals surface area (Å²) in [7, 11) is 0. The number of ether oxygens (including phenoxy) is 2. The first-order chi connectivity index (χ1) is 19.1. The molecule has 1 unspecified atom stereocenters. The zero-order valence-electron chi connectivity index (χ0n) is 23.1. The SMILES string of the molecule is Cc1ccc2c(N)c(Br)ccc2c1Oc1ncccc1-c1ccnc(NC2CCCN(C(=O)OC(C)(C)C)C2)n1. The van der Waals surface area contributed by atoms with Gasteiger partial charge in [-0.2, -0.15) is 0 Å². The standard InChI is InChI=1S/C30H33BrN6O3/c1-18-9-10-20-21(11-12-23(31)25(20)32)26(18)39-27-22(8-5-14-33-27)24-13-15-34-28(36-24)35-19-7-6-16-37(17-19)29(38)40-30(2,3)4/h5,8-15,19H,6-7,16-17,32H2,1-4H3,(H,34,35,36). The molecule has 1 saturated heterocycles. The van der Waals surface area contributed by atoms with E-state index < -0.39 is 5.60 Å². The Morgan fingerprint density at radius 3 is 2.70 bits per heavy atom. The first-order valence-electron chi connectivity index (χ1n) is 13.3. The molecule has 1 atom stereocenters. The van der Waals surface area contributed by atoms with Gasteiger partial charge in [-0.25, -0.2) is 19.7 Å².